The van der Waals surface area contributed by atoms with E-state index in [0.29, 0.717) is 19.6 Å². The van der Waals surface area contributed by atoms with E-state index < -0.39 is 0 Å². The predicted octanol–water partition coefficient (Wildman–Crippen LogP) is 4.56. The third-order valence-electron chi connectivity index (χ3n) is 6.81. The van der Waals surface area contributed by atoms with Crippen LogP contribution in [0.3, 0.4) is 0 Å². The van der Waals surface area contributed by atoms with Gasteiger partial charge in [0.15, 0.2) is 0 Å². The summed E-state index contributed by atoms with van der Waals surface area (Å²) in [4.78, 5) is 27.9. The van der Waals surface area contributed by atoms with Crippen LogP contribution in [0.25, 0.3) is 0 Å². The summed E-state index contributed by atoms with van der Waals surface area (Å²) in [5, 5.41) is 6.53. The van der Waals surface area contributed by atoms with Crippen LogP contribution in [0.15, 0.2) is 47.6 Å². The number of nitrogens with zero attached hydrogens (tertiary/aromatic N) is 3. The maximum absolute atomic E-state index is 13.5. The summed E-state index contributed by atoms with van der Waals surface area (Å²) in [6.45, 7) is 10.1. The molecule has 6 nitrogen and oxygen atoms in total. The maximum Gasteiger partial charge on any atom is 0.310 e. The Balaban J connectivity index is 1.56. The summed E-state index contributed by atoms with van der Waals surface area (Å²) in [6.07, 6.45) is 2.38. The molecule has 0 aromatic heterocycles. The monoisotopic (exact) mass is 461 g/mol. The van der Waals surface area contributed by atoms with Gasteiger partial charge in [0.05, 0.1) is 30.8 Å². The Labute approximate surface area is 202 Å². The molecule has 0 bridgehead atoms. The molecule has 1 saturated heterocycles. The van der Waals surface area contributed by atoms with Gasteiger partial charge in [-0.2, -0.15) is 5.10 Å². The van der Waals surface area contributed by atoms with Crippen molar-refractivity contribution in [3.63, 3.8) is 0 Å². The lowest BCUT2D eigenvalue weighted by Gasteiger charge is -2.32. The average Bonchev–Trinajstić information content (AvgIpc) is 3.25. The minimum Gasteiger partial charge on any atom is -0.466 e. The molecule has 180 valence electrons. The van der Waals surface area contributed by atoms with Crippen molar-refractivity contribution in [3.05, 3.63) is 70.3 Å². The Morgan fingerprint density at radius 3 is 2.50 bits per heavy atom. The van der Waals surface area contributed by atoms with E-state index in [4.69, 9.17) is 9.84 Å². The summed E-state index contributed by atoms with van der Waals surface area (Å²) in [5.74, 6) is -0.356. The van der Waals surface area contributed by atoms with Gasteiger partial charge in [-0.1, -0.05) is 53.6 Å². The van der Waals surface area contributed by atoms with Crippen LogP contribution in [-0.2, 0) is 14.3 Å². The van der Waals surface area contributed by atoms with Gasteiger partial charge in [0.25, 0.3) is 5.91 Å². The van der Waals surface area contributed by atoms with E-state index in [-0.39, 0.29) is 30.4 Å². The lowest BCUT2D eigenvalue weighted by atomic mass is 9.95. The molecule has 0 radical (unpaired) electrons. The number of carbonyl (C=O) groups excluding carboxylic acids is 2. The minimum absolute atomic E-state index is 0.0325. The van der Waals surface area contributed by atoms with Crippen LogP contribution >= 0.6 is 0 Å². The topological polar surface area (TPSA) is 62.2 Å². The van der Waals surface area contributed by atoms with Crippen LogP contribution in [0, 0.1) is 26.7 Å². The largest absolute Gasteiger partial charge is 0.466 e. The van der Waals surface area contributed by atoms with E-state index in [1.54, 1.807) is 5.01 Å². The molecule has 34 heavy (non-hydrogen) atoms. The molecular formula is C28H35N3O3. The molecule has 0 N–H and O–H groups in total. The van der Waals surface area contributed by atoms with Gasteiger partial charge in [-0.3, -0.25) is 14.5 Å². The number of likely N-dealkylation sites (tertiary alicyclic amines) is 1. The van der Waals surface area contributed by atoms with Crippen molar-refractivity contribution < 1.29 is 14.3 Å². The summed E-state index contributed by atoms with van der Waals surface area (Å²) in [7, 11) is 0. The normalized spacial score (nSPS) is 20.8. The van der Waals surface area contributed by atoms with Gasteiger partial charge >= 0.3 is 5.97 Å². The molecule has 0 spiro atoms. The zero-order chi connectivity index (χ0) is 24.2. The number of rotatable bonds is 6. The molecule has 2 unspecified atom stereocenters. The van der Waals surface area contributed by atoms with Crippen molar-refractivity contribution >= 4 is 17.6 Å². The predicted molar refractivity (Wildman–Crippen MR) is 134 cm³/mol. The fraction of sp³-hybridized carbons (Fsp3) is 0.464. The van der Waals surface area contributed by atoms with Crippen molar-refractivity contribution in [2.75, 3.05) is 26.2 Å². The van der Waals surface area contributed by atoms with Crippen LogP contribution in [0.5, 0.6) is 0 Å². The van der Waals surface area contributed by atoms with Crippen LogP contribution in [0.2, 0.25) is 0 Å². The van der Waals surface area contributed by atoms with E-state index in [2.05, 4.69) is 68.1 Å². The third kappa shape index (κ3) is 5.39. The summed E-state index contributed by atoms with van der Waals surface area (Å²) in [5.41, 5.74) is 6.70. The molecule has 1 fully saturated rings. The Morgan fingerprint density at radius 2 is 1.79 bits per heavy atom. The molecule has 1 amide bonds. The fourth-order valence-electron chi connectivity index (χ4n) is 5.00. The molecule has 6 heteroatoms. The first-order valence-electron chi connectivity index (χ1n) is 12.3. The van der Waals surface area contributed by atoms with Gasteiger partial charge in [0, 0.05) is 18.5 Å². The second-order valence-electron chi connectivity index (χ2n) is 9.56. The molecule has 2 atom stereocenters. The Kier molecular flexibility index (Phi) is 7.47. The van der Waals surface area contributed by atoms with E-state index >= 15 is 0 Å². The highest BCUT2D eigenvalue weighted by atomic mass is 16.5. The van der Waals surface area contributed by atoms with E-state index in [1.807, 2.05) is 6.92 Å². The number of aryl methyl sites for hydroxylation is 3. The maximum atomic E-state index is 13.5. The summed E-state index contributed by atoms with van der Waals surface area (Å²) < 4.78 is 5.22. The van der Waals surface area contributed by atoms with E-state index in [1.165, 1.54) is 16.7 Å². The average molecular weight is 462 g/mol. The molecule has 2 aromatic rings. The van der Waals surface area contributed by atoms with Gasteiger partial charge in [-0.25, -0.2) is 5.01 Å². The van der Waals surface area contributed by atoms with Gasteiger partial charge in [-0.05, 0) is 58.2 Å². The zero-order valence-electron chi connectivity index (χ0n) is 20.7. The van der Waals surface area contributed by atoms with E-state index in [0.717, 1.165) is 36.2 Å². The molecule has 2 aliphatic rings. The molecule has 2 heterocycles. The number of piperidine rings is 1. The molecule has 0 saturated carbocycles. The number of hydrogen-bond donors (Lipinski definition) is 0. The van der Waals surface area contributed by atoms with Crippen molar-refractivity contribution in [3.8, 4) is 0 Å². The van der Waals surface area contributed by atoms with Gasteiger partial charge in [0.2, 0.25) is 0 Å². The highest BCUT2D eigenvalue weighted by molar-refractivity contribution is 6.04. The standard InChI is InChI=1S/C28H35N3O3/c1-5-34-28(33)23-7-6-14-30(17-23)18-27(32)31-26(22-11-8-19(2)9-12-22)16-25(29-31)24-13-10-20(3)15-21(24)4/h8-13,15,23,26H,5-7,14,16-18H2,1-4H3. The molecular weight excluding hydrogens is 426 g/mol. The van der Waals surface area contributed by atoms with E-state index in [9.17, 15) is 9.59 Å². The summed E-state index contributed by atoms with van der Waals surface area (Å²) in [6, 6.07) is 14.6. The number of esters is 1. The highest BCUT2D eigenvalue weighted by Gasteiger charge is 2.35. The molecule has 2 aromatic carbocycles. The molecule has 2 aliphatic heterocycles. The number of benzene rings is 2. The SMILES string of the molecule is CCOC(=O)C1CCCN(CC(=O)N2N=C(c3ccc(C)cc3C)CC2c2ccc(C)cc2)C1. The number of carbonyl (C=O) groups is 2. The number of ether oxygens (including phenoxy) is 1. The van der Waals surface area contributed by atoms with Crippen molar-refractivity contribution in [1.29, 1.82) is 0 Å². The lowest BCUT2D eigenvalue weighted by molar-refractivity contribution is -0.150. The first-order valence-corrected chi connectivity index (χ1v) is 12.3. The van der Waals surface area contributed by atoms with Gasteiger partial charge in [0.1, 0.15) is 0 Å². The van der Waals surface area contributed by atoms with Crippen molar-refractivity contribution in [1.82, 2.24) is 9.91 Å². The second kappa shape index (κ2) is 10.5. The molecule has 0 aliphatic carbocycles. The summed E-state index contributed by atoms with van der Waals surface area (Å²) >= 11 is 0. The highest BCUT2D eigenvalue weighted by Crippen LogP contribution is 2.34. The molecule has 4 rings (SSSR count). The quantitative estimate of drug-likeness (QED) is 0.592. The second-order valence-corrected chi connectivity index (χ2v) is 9.56. The Morgan fingerprint density at radius 1 is 1.06 bits per heavy atom. The zero-order valence-corrected chi connectivity index (χ0v) is 20.7. The number of hydrazone groups is 1. The number of amides is 1. The first-order chi connectivity index (χ1) is 16.4. The number of hydrogen-bond acceptors (Lipinski definition) is 5. The smallest absolute Gasteiger partial charge is 0.310 e. The van der Waals surface area contributed by atoms with Crippen LogP contribution < -0.4 is 0 Å². The van der Waals surface area contributed by atoms with Crippen molar-refractivity contribution in [2.45, 2.75) is 53.0 Å². The van der Waals surface area contributed by atoms with Gasteiger partial charge in [-0.15, -0.1) is 0 Å². The third-order valence-corrected chi connectivity index (χ3v) is 6.81. The minimum atomic E-state index is -0.165. The Hall–Kier alpha value is -2.99. The van der Waals surface area contributed by atoms with Crippen LogP contribution in [0.1, 0.15) is 60.0 Å². The fourth-order valence-corrected chi connectivity index (χ4v) is 5.00. The van der Waals surface area contributed by atoms with Gasteiger partial charge < -0.3 is 4.74 Å². The van der Waals surface area contributed by atoms with Crippen LogP contribution in [-0.4, -0.2) is 53.7 Å². The Bertz CT molecular complexity index is 1080. The van der Waals surface area contributed by atoms with Crippen LogP contribution in [0.4, 0.5) is 0 Å². The lowest BCUT2D eigenvalue weighted by Crippen LogP contribution is -2.44. The van der Waals surface area contributed by atoms with Crippen molar-refractivity contribution in [2.24, 2.45) is 11.0 Å². The first kappa shape index (κ1) is 24.1.